The first-order valence-corrected chi connectivity index (χ1v) is 7.99. The van der Waals surface area contributed by atoms with Gasteiger partial charge in [-0.1, -0.05) is 12.1 Å². The third-order valence-corrected chi connectivity index (χ3v) is 4.16. The first-order valence-electron chi connectivity index (χ1n) is 7.99. The van der Waals surface area contributed by atoms with Crippen molar-refractivity contribution in [3.63, 3.8) is 0 Å². The Hall–Kier alpha value is -2.61. The van der Waals surface area contributed by atoms with Gasteiger partial charge < -0.3 is 9.84 Å². The number of carbonyl (C=O) groups is 1. The number of rotatable bonds is 6. The van der Waals surface area contributed by atoms with E-state index in [0.717, 1.165) is 17.8 Å². The zero-order chi connectivity index (χ0) is 18.7. The lowest BCUT2D eigenvalue weighted by molar-refractivity contribution is -0.147. The highest BCUT2D eigenvalue weighted by atomic mass is 19.4. The molecule has 2 heterocycles. The first kappa shape index (κ1) is 18.2. The zero-order valence-corrected chi connectivity index (χ0v) is 13.7. The second-order valence-corrected chi connectivity index (χ2v) is 6.24. The van der Waals surface area contributed by atoms with Crippen LogP contribution < -0.4 is 4.74 Å². The minimum absolute atomic E-state index is 0.0112. The Balaban J connectivity index is 1.51. The Morgan fingerprint density at radius 1 is 1.19 bits per heavy atom. The number of halogens is 3. The summed E-state index contributed by atoms with van der Waals surface area (Å²) in [6.45, 7) is 1.72. The number of carboxylic acids is 1. The molecule has 0 spiro atoms. The molecule has 1 fully saturated rings. The predicted octanol–water partition coefficient (Wildman–Crippen LogP) is 3.20. The number of likely N-dealkylation sites (tertiary alicyclic amines) is 1. The number of aliphatic carboxylic acids is 1. The van der Waals surface area contributed by atoms with Gasteiger partial charge in [-0.2, -0.15) is 13.2 Å². The largest absolute Gasteiger partial charge is 0.489 e. The Morgan fingerprint density at radius 3 is 2.50 bits per heavy atom. The number of pyridine rings is 1. The minimum atomic E-state index is -4.43. The molecule has 0 aliphatic carbocycles. The maximum Gasteiger partial charge on any atom is 0.417 e. The molecule has 1 aliphatic heterocycles. The molecule has 2 aromatic rings. The van der Waals surface area contributed by atoms with Crippen LogP contribution >= 0.6 is 0 Å². The molecule has 1 aromatic heterocycles. The van der Waals surface area contributed by atoms with Gasteiger partial charge >= 0.3 is 12.1 Å². The van der Waals surface area contributed by atoms with E-state index in [1.165, 1.54) is 6.20 Å². The third kappa shape index (κ3) is 4.51. The molecule has 26 heavy (non-hydrogen) atoms. The first-order chi connectivity index (χ1) is 12.3. The second kappa shape index (κ2) is 7.33. The van der Waals surface area contributed by atoms with E-state index >= 15 is 0 Å². The van der Waals surface area contributed by atoms with Gasteiger partial charge in [0.05, 0.1) is 11.5 Å². The molecule has 0 amide bonds. The van der Waals surface area contributed by atoms with Crippen molar-refractivity contribution in [3.05, 3.63) is 59.4 Å². The normalized spacial score (nSPS) is 15.5. The highest BCUT2D eigenvalue weighted by molar-refractivity contribution is 5.71. The van der Waals surface area contributed by atoms with E-state index in [1.807, 2.05) is 17.0 Å². The van der Waals surface area contributed by atoms with Gasteiger partial charge in [-0.05, 0) is 23.8 Å². The van der Waals surface area contributed by atoms with Crippen LogP contribution in [0.5, 0.6) is 5.75 Å². The van der Waals surface area contributed by atoms with Crippen molar-refractivity contribution in [1.29, 1.82) is 0 Å². The zero-order valence-electron chi connectivity index (χ0n) is 13.7. The molecule has 0 bridgehead atoms. The van der Waals surface area contributed by atoms with E-state index in [2.05, 4.69) is 4.98 Å². The van der Waals surface area contributed by atoms with Gasteiger partial charge in [0, 0.05) is 37.6 Å². The van der Waals surface area contributed by atoms with Crippen LogP contribution in [0.2, 0.25) is 0 Å². The molecule has 3 rings (SSSR count). The molecule has 0 saturated carbocycles. The lowest BCUT2D eigenvalue weighted by Gasteiger charge is -2.36. The minimum Gasteiger partial charge on any atom is -0.489 e. The van der Waals surface area contributed by atoms with Crippen molar-refractivity contribution < 1.29 is 27.8 Å². The lowest BCUT2D eigenvalue weighted by Crippen LogP contribution is -2.49. The van der Waals surface area contributed by atoms with Gasteiger partial charge in [0.15, 0.2) is 0 Å². The molecule has 5 nitrogen and oxygen atoms in total. The van der Waals surface area contributed by atoms with Crippen LogP contribution in [-0.4, -0.2) is 34.0 Å². The monoisotopic (exact) mass is 366 g/mol. The molecule has 8 heteroatoms. The molecule has 0 radical (unpaired) electrons. The van der Waals surface area contributed by atoms with Crippen LogP contribution in [0, 0.1) is 5.92 Å². The van der Waals surface area contributed by atoms with Crippen LogP contribution in [0.4, 0.5) is 13.2 Å². The lowest BCUT2D eigenvalue weighted by atomic mass is 10.00. The molecule has 0 unspecified atom stereocenters. The summed E-state index contributed by atoms with van der Waals surface area (Å²) in [5, 5.41) is 8.86. The Bertz CT molecular complexity index is 772. The van der Waals surface area contributed by atoms with Gasteiger partial charge in [0.1, 0.15) is 12.4 Å². The van der Waals surface area contributed by atoms with Crippen LogP contribution in [0.25, 0.3) is 0 Å². The van der Waals surface area contributed by atoms with Crippen molar-refractivity contribution in [2.45, 2.75) is 19.3 Å². The van der Waals surface area contributed by atoms with Gasteiger partial charge in [-0.15, -0.1) is 0 Å². The molecule has 138 valence electrons. The Morgan fingerprint density at radius 2 is 1.88 bits per heavy atom. The van der Waals surface area contributed by atoms with Crippen molar-refractivity contribution >= 4 is 5.97 Å². The predicted molar refractivity (Wildman–Crippen MR) is 86.4 cm³/mol. The van der Waals surface area contributed by atoms with E-state index < -0.39 is 17.7 Å². The van der Waals surface area contributed by atoms with Crippen LogP contribution in [-0.2, 0) is 24.1 Å². The van der Waals surface area contributed by atoms with Gasteiger partial charge in [-0.25, -0.2) is 0 Å². The van der Waals surface area contributed by atoms with Gasteiger partial charge in [-0.3, -0.25) is 14.7 Å². The summed E-state index contributed by atoms with van der Waals surface area (Å²) in [6.07, 6.45) is -2.31. The van der Waals surface area contributed by atoms with Crippen molar-refractivity contribution in [3.8, 4) is 5.75 Å². The van der Waals surface area contributed by atoms with Crippen molar-refractivity contribution in [2.75, 3.05) is 13.1 Å². The molecular formula is C18H17F3N2O3. The fraction of sp³-hybridized carbons (Fsp3) is 0.333. The SMILES string of the molecule is O=C(O)C1CN(Cc2ccc(OCc3cncc(C(F)(F)F)c3)cc2)C1. The molecule has 1 N–H and O–H groups in total. The van der Waals surface area contributed by atoms with Crippen molar-refractivity contribution in [1.82, 2.24) is 9.88 Å². The Kier molecular flexibility index (Phi) is 5.13. The topological polar surface area (TPSA) is 62.7 Å². The van der Waals surface area contributed by atoms with E-state index in [9.17, 15) is 18.0 Å². The van der Waals surface area contributed by atoms with E-state index in [-0.39, 0.29) is 12.5 Å². The molecule has 0 atom stereocenters. The number of nitrogens with zero attached hydrogens (tertiary/aromatic N) is 2. The second-order valence-electron chi connectivity index (χ2n) is 6.24. The van der Waals surface area contributed by atoms with E-state index in [4.69, 9.17) is 9.84 Å². The summed E-state index contributed by atoms with van der Waals surface area (Å²) in [6, 6.07) is 8.21. The van der Waals surface area contributed by atoms with Crippen molar-refractivity contribution in [2.24, 2.45) is 5.92 Å². The Labute approximate surface area is 148 Å². The highest BCUT2D eigenvalue weighted by Crippen LogP contribution is 2.29. The summed E-state index contributed by atoms with van der Waals surface area (Å²) < 4.78 is 43.5. The number of hydrogen-bond acceptors (Lipinski definition) is 4. The number of alkyl halides is 3. The van der Waals surface area contributed by atoms with Gasteiger partial charge in [0.25, 0.3) is 0 Å². The highest BCUT2D eigenvalue weighted by Gasteiger charge is 2.32. The average molecular weight is 366 g/mol. The number of ether oxygens (including phenoxy) is 1. The molecule has 1 aromatic carbocycles. The number of benzene rings is 1. The molecule has 1 aliphatic rings. The number of hydrogen-bond donors (Lipinski definition) is 1. The summed E-state index contributed by atoms with van der Waals surface area (Å²) in [5.41, 5.74) is 0.550. The smallest absolute Gasteiger partial charge is 0.417 e. The third-order valence-electron chi connectivity index (χ3n) is 4.16. The number of carboxylic acid groups (broad SMARTS) is 1. The summed E-state index contributed by atoms with van der Waals surface area (Å²) in [4.78, 5) is 16.4. The van der Waals surface area contributed by atoms with Crippen LogP contribution in [0.1, 0.15) is 16.7 Å². The maximum atomic E-state index is 12.7. The summed E-state index contributed by atoms with van der Waals surface area (Å²) >= 11 is 0. The molecule has 1 saturated heterocycles. The number of aromatic nitrogens is 1. The van der Waals surface area contributed by atoms with Crippen LogP contribution in [0.15, 0.2) is 42.7 Å². The summed E-state index contributed by atoms with van der Waals surface area (Å²) in [5.74, 6) is -0.522. The molecular weight excluding hydrogens is 349 g/mol. The summed E-state index contributed by atoms with van der Waals surface area (Å²) in [7, 11) is 0. The van der Waals surface area contributed by atoms with E-state index in [0.29, 0.717) is 30.9 Å². The fourth-order valence-corrected chi connectivity index (χ4v) is 2.69. The fourth-order valence-electron chi connectivity index (χ4n) is 2.69. The van der Waals surface area contributed by atoms with Crippen LogP contribution in [0.3, 0.4) is 0 Å². The quantitative estimate of drug-likeness (QED) is 0.851. The average Bonchev–Trinajstić information content (AvgIpc) is 2.56. The standard InChI is InChI=1S/C18H17F3N2O3/c19-18(20,21)15-5-13(6-22-7-15)11-26-16-3-1-12(2-4-16)8-23-9-14(10-23)17(24)25/h1-7,14H,8-11H2,(H,24,25). The maximum absolute atomic E-state index is 12.7. The van der Waals surface area contributed by atoms with Gasteiger partial charge in [0.2, 0.25) is 0 Å². The van der Waals surface area contributed by atoms with E-state index in [1.54, 1.807) is 12.1 Å².